The number of carbonyl (C=O) groups is 1. The molecule has 0 saturated carbocycles. The largest absolute Gasteiger partial charge is 0.351 e. The lowest BCUT2D eigenvalue weighted by Gasteiger charge is -2.07. The number of nitrogens with one attached hydrogen (secondary N) is 1. The van der Waals surface area contributed by atoms with E-state index in [1.807, 2.05) is 12.1 Å². The molecule has 0 spiro atoms. The number of amides is 1. The highest BCUT2D eigenvalue weighted by Crippen LogP contribution is 2.21. The Morgan fingerprint density at radius 3 is 2.59 bits per heavy atom. The third-order valence-electron chi connectivity index (χ3n) is 3.78. The molecule has 3 rings (SSSR count). The molecule has 10 heteroatoms. The standard InChI is InChI=1S/C19H16Cl3N5OS/c1-12-25-26-19(27(12)24-9-13-2-5-15(20)6-3-13)29-11-18(28)23-10-14-4-7-16(21)8-17(14)22/h2-9H,10-11H2,1H3,(H,23,28)/b24-9+. The van der Waals surface area contributed by atoms with Crippen LogP contribution in [0.4, 0.5) is 0 Å². The van der Waals surface area contributed by atoms with Crippen molar-refractivity contribution in [3.63, 3.8) is 0 Å². The molecule has 0 bridgehead atoms. The zero-order chi connectivity index (χ0) is 20.8. The molecular formula is C19H16Cl3N5OS. The number of hydrogen-bond acceptors (Lipinski definition) is 5. The zero-order valence-electron chi connectivity index (χ0n) is 15.3. The highest BCUT2D eigenvalue weighted by Gasteiger charge is 2.12. The van der Waals surface area contributed by atoms with Crippen LogP contribution in [0, 0.1) is 6.92 Å². The van der Waals surface area contributed by atoms with E-state index in [0.717, 1.165) is 11.1 Å². The van der Waals surface area contributed by atoms with Gasteiger partial charge in [0.15, 0.2) is 5.82 Å². The first kappa shape index (κ1) is 21.6. The maximum absolute atomic E-state index is 12.2. The third kappa shape index (κ3) is 6.21. The number of hydrogen-bond donors (Lipinski definition) is 1. The quantitative estimate of drug-likeness (QED) is 0.398. The van der Waals surface area contributed by atoms with Gasteiger partial charge in [-0.2, -0.15) is 9.78 Å². The fourth-order valence-electron chi connectivity index (χ4n) is 2.27. The summed E-state index contributed by atoms with van der Waals surface area (Å²) in [6, 6.07) is 12.4. The van der Waals surface area contributed by atoms with E-state index in [4.69, 9.17) is 34.8 Å². The fraction of sp³-hybridized carbons (Fsp3) is 0.158. The Hall–Kier alpha value is -2.06. The minimum absolute atomic E-state index is 0.157. The van der Waals surface area contributed by atoms with Crippen molar-refractivity contribution in [1.29, 1.82) is 0 Å². The maximum Gasteiger partial charge on any atom is 0.230 e. The first-order valence-corrected chi connectivity index (χ1v) is 10.6. The van der Waals surface area contributed by atoms with Crippen LogP contribution in [0.5, 0.6) is 0 Å². The van der Waals surface area contributed by atoms with Gasteiger partial charge in [0, 0.05) is 21.6 Å². The molecule has 0 aliphatic rings. The van der Waals surface area contributed by atoms with E-state index in [2.05, 4.69) is 20.6 Å². The van der Waals surface area contributed by atoms with Crippen molar-refractivity contribution >= 4 is 58.7 Å². The second kappa shape index (κ2) is 10.1. The van der Waals surface area contributed by atoms with Gasteiger partial charge in [0.1, 0.15) is 0 Å². The molecule has 1 heterocycles. The van der Waals surface area contributed by atoms with Gasteiger partial charge in [0.05, 0.1) is 12.0 Å². The summed E-state index contributed by atoms with van der Waals surface area (Å²) in [4.78, 5) is 12.2. The fourth-order valence-corrected chi connectivity index (χ4v) is 3.64. The molecule has 29 heavy (non-hydrogen) atoms. The van der Waals surface area contributed by atoms with E-state index in [9.17, 15) is 4.79 Å². The molecule has 0 atom stereocenters. The van der Waals surface area contributed by atoms with Gasteiger partial charge >= 0.3 is 0 Å². The van der Waals surface area contributed by atoms with E-state index in [1.54, 1.807) is 48.1 Å². The lowest BCUT2D eigenvalue weighted by molar-refractivity contribution is -0.118. The number of thioether (sulfide) groups is 1. The summed E-state index contributed by atoms with van der Waals surface area (Å²) in [6.07, 6.45) is 1.68. The van der Waals surface area contributed by atoms with Gasteiger partial charge in [0.25, 0.3) is 0 Å². The molecule has 0 unspecified atom stereocenters. The molecule has 1 aromatic heterocycles. The Labute approximate surface area is 187 Å². The average Bonchev–Trinajstić information content (AvgIpc) is 3.05. The lowest BCUT2D eigenvalue weighted by atomic mass is 10.2. The number of aromatic nitrogens is 3. The van der Waals surface area contributed by atoms with E-state index >= 15 is 0 Å². The Balaban J connectivity index is 1.58. The molecule has 3 aromatic rings. The summed E-state index contributed by atoms with van der Waals surface area (Å²) >= 11 is 19.1. The van der Waals surface area contributed by atoms with Gasteiger partial charge in [-0.1, -0.05) is 64.8 Å². The molecule has 0 radical (unpaired) electrons. The molecule has 6 nitrogen and oxygen atoms in total. The summed E-state index contributed by atoms with van der Waals surface area (Å²) in [6.45, 7) is 2.11. The third-order valence-corrected chi connectivity index (χ3v) is 5.54. The second-order valence-corrected chi connectivity index (χ2v) is 8.16. The van der Waals surface area contributed by atoms with Crippen LogP contribution in [0.25, 0.3) is 0 Å². The average molecular weight is 469 g/mol. The maximum atomic E-state index is 12.2. The summed E-state index contributed by atoms with van der Waals surface area (Å²) in [5.74, 6) is 0.626. The van der Waals surface area contributed by atoms with Crippen LogP contribution in [-0.2, 0) is 11.3 Å². The van der Waals surface area contributed by atoms with Crippen molar-refractivity contribution in [1.82, 2.24) is 20.2 Å². The van der Waals surface area contributed by atoms with Crippen LogP contribution >= 0.6 is 46.6 Å². The highest BCUT2D eigenvalue weighted by molar-refractivity contribution is 7.99. The van der Waals surface area contributed by atoms with E-state index in [1.165, 1.54) is 11.8 Å². The van der Waals surface area contributed by atoms with Crippen LogP contribution in [0.2, 0.25) is 15.1 Å². The van der Waals surface area contributed by atoms with Crippen molar-refractivity contribution in [2.24, 2.45) is 5.10 Å². The number of aryl methyl sites for hydroxylation is 1. The first-order valence-electron chi connectivity index (χ1n) is 8.48. The zero-order valence-corrected chi connectivity index (χ0v) is 18.4. The number of benzene rings is 2. The van der Waals surface area contributed by atoms with E-state index < -0.39 is 0 Å². The van der Waals surface area contributed by atoms with Gasteiger partial charge in [-0.3, -0.25) is 4.79 Å². The molecule has 1 amide bonds. The van der Waals surface area contributed by atoms with Crippen molar-refractivity contribution < 1.29 is 4.79 Å². The lowest BCUT2D eigenvalue weighted by Crippen LogP contribution is -2.24. The van der Waals surface area contributed by atoms with Crippen molar-refractivity contribution in [2.45, 2.75) is 18.6 Å². The molecule has 150 valence electrons. The van der Waals surface area contributed by atoms with Crippen LogP contribution in [0.1, 0.15) is 17.0 Å². The molecule has 0 aliphatic heterocycles. The molecule has 0 aliphatic carbocycles. The molecule has 2 aromatic carbocycles. The van der Waals surface area contributed by atoms with Crippen LogP contribution < -0.4 is 5.32 Å². The highest BCUT2D eigenvalue weighted by atomic mass is 35.5. The first-order chi connectivity index (χ1) is 13.9. The Morgan fingerprint density at radius 1 is 1.14 bits per heavy atom. The van der Waals surface area contributed by atoms with Crippen molar-refractivity contribution in [2.75, 3.05) is 5.75 Å². The Morgan fingerprint density at radius 2 is 1.86 bits per heavy atom. The Bertz CT molecular complexity index is 1040. The van der Waals surface area contributed by atoms with Gasteiger partial charge in [0.2, 0.25) is 11.1 Å². The van der Waals surface area contributed by atoms with Crippen molar-refractivity contribution in [3.8, 4) is 0 Å². The summed E-state index contributed by atoms with van der Waals surface area (Å²) in [5, 5.41) is 17.6. The minimum atomic E-state index is -0.157. The number of nitrogens with zero attached hydrogens (tertiary/aromatic N) is 4. The van der Waals surface area contributed by atoms with Gasteiger partial charge in [-0.05, 0) is 42.3 Å². The van der Waals surface area contributed by atoms with E-state index in [-0.39, 0.29) is 11.7 Å². The van der Waals surface area contributed by atoms with Crippen molar-refractivity contribution in [3.05, 3.63) is 74.5 Å². The van der Waals surface area contributed by atoms with Gasteiger partial charge in [-0.25, -0.2) is 0 Å². The summed E-state index contributed by atoms with van der Waals surface area (Å²) < 4.78 is 1.59. The van der Waals surface area contributed by atoms with Gasteiger partial charge < -0.3 is 5.32 Å². The molecule has 1 N–H and O–H groups in total. The van der Waals surface area contributed by atoms with E-state index in [0.29, 0.717) is 32.6 Å². The molecular weight excluding hydrogens is 453 g/mol. The monoisotopic (exact) mass is 467 g/mol. The number of carbonyl (C=O) groups excluding carboxylic acids is 1. The second-order valence-electron chi connectivity index (χ2n) is 5.94. The Kier molecular flexibility index (Phi) is 7.55. The smallest absolute Gasteiger partial charge is 0.230 e. The number of halogens is 3. The molecule has 0 fully saturated rings. The molecule has 0 saturated heterocycles. The predicted molar refractivity (Wildman–Crippen MR) is 118 cm³/mol. The van der Waals surface area contributed by atoms with Crippen LogP contribution in [0.3, 0.4) is 0 Å². The normalized spacial score (nSPS) is 11.2. The minimum Gasteiger partial charge on any atom is -0.351 e. The van der Waals surface area contributed by atoms with Gasteiger partial charge in [-0.15, -0.1) is 10.2 Å². The summed E-state index contributed by atoms with van der Waals surface area (Å²) in [7, 11) is 0. The van der Waals surface area contributed by atoms with Crippen LogP contribution in [0.15, 0.2) is 52.7 Å². The SMILES string of the molecule is Cc1nnc(SCC(=O)NCc2ccc(Cl)cc2Cl)n1/N=C/c1ccc(Cl)cc1. The summed E-state index contributed by atoms with van der Waals surface area (Å²) in [5.41, 5.74) is 1.68. The topological polar surface area (TPSA) is 72.2 Å². The predicted octanol–water partition coefficient (Wildman–Crippen LogP) is 4.84. The number of rotatable bonds is 7. The van der Waals surface area contributed by atoms with Crippen LogP contribution in [-0.4, -0.2) is 32.7 Å².